The zero-order chi connectivity index (χ0) is 24.4. The van der Waals surface area contributed by atoms with Crippen molar-refractivity contribution in [3.05, 3.63) is 76.9 Å². The highest BCUT2D eigenvalue weighted by Crippen LogP contribution is 2.31. The van der Waals surface area contributed by atoms with E-state index in [1.807, 2.05) is 37.8 Å². The fourth-order valence-corrected chi connectivity index (χ4v) is 5.46. The predicted octanol–water partition coefficient (Wildman–Crippen LogP) is 4.31. The first kappa shape index (κ1) is 23.1. The maximum absolute atomic E-state index is 12.9. The molecule has 1 unspecified atom stereocenters. The van der Waals surface area contributed by atoms with Crippen molar-refractivity contribution in [3.8, 4) is 0 Å². The van der Waals surface area contributed by atoms with E-state index in [0.29, 0.717) is 30.3 Å². The van der Waals surface area contributed by atoms with Crippen LogP contribution in [0.15, 0.2) is 60.1 Å². The van der Waals surface area contributed by atoms with E-state index < -0.39 is 0 Å². The number of rotatable bonds is 8. The maximum atomic E-state index is 12.9. The van der Waals surface area contributed by atoms with Gasteiger partial charge >= 0.3 is 0 Å². The Hall–Kier alpha value is -3.65. The highest BCUT2D eigenvalue weighted by molar-refractivity contribution is 7.14. The number of anilines is 2. The summed E-state index contributed by atoms with van der Waals surface area (Å²) < 4.78 is 0. The molecule has 1 aliphatic rings. The summed E-state index contributed by atoms with van der Waals surface area (Å²) in [6, 6.07) is 16.7. The number of nitrogens with zero attached hydrogens (tertiary/aromatic N) is 3. The number of fused-ring (bicyclic) bond motifs is 1. The first-order valence-corrected chi connectivity index (χ1v) is 12.7. The normalized spacial score (nSPS) is 14.5. The highest BCUT2D eigenvalue weighted by atomic mass is 32.1. The van der Waals surface area contributed by atoms with E-state index in [0.717, 1.165) is 34.1 Å². The van der Waals surface area contributed by atoms with E-state index in [2.05, 4.69) is 56.6 Å². The zero-order valence-electron chi connectivity index (χ0n) is 20.0. The summed E-state index contributed by atoms with van der Waals surface area (Å²) in [5.41, 5.74) is 5.20. The molecule has 2 aromatic heterocycles. The molecule has 2 amide bonds. The number of H-pyrrole nitrogens is 1. The quantitative estimate of drug-likeness (QED) is 0.388. The number of hydrogen-bond donors (Lipinski definition) is 2. The molecule has 1 fully saturated rings. The van der Waals surface area contributed by atoms with Crippen LogP contribution in [0.3, 0.4) is 0 Å². The first-order chi connectivity index (χ1) is 17.0. The Bertz CT molecular complexity index is 1340. The van der Waals surface area contributed by atoms with E-state index in [-0.39, 0.29) is 24.2 Å². The van der Waals surface area contributed by atoms with E-state index in [9.17, 15) is 9.59 Å². The van der Waals surface area contributed by atoms with Crippen LogP contribution in [-0.4, -0.2) is 49.0 Å². The molecule has 1 aliphatic heterocycles. The number of aromatic nitrogens is 2. The van der Waals surface area contributed by atoms with Crippen LogP contribution in [0.5, 0.6) is 0 Å². The number of nitrogens with one attached hydrogen (secondary N) is 2. The molecule has 1 atom stereocenters. The third kappa shape index (κ3) is 4.93. The average molecular weight is 488 g/mol. The second-order valence-electron chi connectivity index (χ2n) is 9.08. The lowest BCUT2D eigenvalue weighted by atomic mass is 9.90. The summed E-state index contributed by atoms with van der Waals surface area (Å²) >= 11 is 1.42. The number of para-hydroxylation sites is 1. The minimum Gasteiger partial charge on any atom is -0.378 e. The van der Waals surface area contributed by atoms with Crippen molar-refractivity contribution < 1.29 is 9.59 Å². The lowest BCUT2D eigenvalue weighted by Crippen LogP contribution is -2.30. The summed E-state index contributed by atoms with van der Waals surface area (Å²) in [6.07, 6.45) is 3.67. The molecule has 5 rings (SSSR count). The van der Waals surface area contributed by atoms with Gasteiger partial charge in [0.25, 0.3) is 0 Å². The van der Waals surface area contributed by atoms with Crippen LogP contribution in [0.4, 0.5) is 10.8 Å². The maximum Gasteiger partial charge on any atom is 0.228 e. The smallest absolute Gasteiger partial charge is 0.228 e. The molecule has 8 heteroatoms. The minimum absolute atomic E-state index is 0.000437. The van der Waals surface area contributed by atoms with Crippen molar-refractivity contribution in [1.29, 1.82) is 0 Å². The highest BCUT2D eigenvalue weighted by Gasteiger charge is 2.25. The number of carbonyl (C=O) groups excluding carboxylic acids is 2. The predicted molar refractivity (Wildman–Crippen MR) is 141 cm³/mol. The summed E-state index contributed by atoms with van der Waals surface area (Å²) in [6.45, 7) is 1.18. The van der Waals surface area contributed by atoms with Gasteiger partial charge in [0.05, 0.1) is 12.1 Å². The third-order valence-corrected chi connectivity index (χ3v) is 7.41. The number of aromatic amines is 1. The van der Waals surface area contributed by atoms with E-state index >= 15 is 0 Å². The number of carbonyl (C=O) groups is 2. The molecule has 2 aromatic carbocycles. The average Bonchev–Trinajstić information content (AvgIpc) is 3.60. The SMILES string of the molecule is CN(C)c1ccc(C(CNC(=O)Cc2csc(N3CCCC3=O)n2)c2c[nH]c3ccccc23)cc1. The molecule has 2 N–H and O–H groups in total. The standard InChI is InChI=1S/C27H29N5O2S/c1-31(2)20-11-9-18(10-12-20)22(23-16-28-24-7-4-3-6-21(23)24)15-29-25(33)14-19-17-35-27(30-19)32-13-5-8-26(32)34/h3-4,6-7,9-12,16-17,22,28H,5,8,13-15H2,1-2H3,(H,29,33). The Morgan fingerprint density at radius 3 is 2.74 bits per heavy atom. The Labute approximate surface area is 208 Å². The van der Waals surface area contributed by atoms with Crippen molar-refractivity contribution in [3.63, 3.8) is 0 Å². The Balaban J connectivity index is 1.32. The molecule has 0 spiro atoms. The van der Waals surface area contributed by atoms with Crippen molar-refractivity contribution in [2.45, 2.75) is 25.2 Å². The Morgan fingerprint density at radius 2 is 2.00 bits per heavy atom. The van der Waals surface area contributed by atoms with Crippen molar-refractivity contribution >= 4 is 44.9 Å². The van der Waals surface area contributed by atoms with Gasteiger partial charge in [-0.15, -0.1) is 11.3 Å². The van der Waals surface area contributed by atoms with E-state index in [4.69, 9.17) is 0 Å². The van der Waals surface area contributed by atoms with Gasteiger partial charge in [0.15, 0.2) is 5.13 Å². The zero-order valence-corrected chi connectivity index (χ0v) is 20.8. The number of benzene rings is 2. The molecule has 0 radical (unpaired) electrons. The third-order valence-electron chi connectivity index (χ3n) is 6.50. The topological polar surface area (TPSA) is 81.3 Å². The summed E-state index contributed by atoms with van der Waals surface area (Å²) in [4.78, 5) is 36.6. The van der Waals surface area contributed by atoms with Gasteiger partial charge in [-0.3, -0.25) is 14.5 Å². The molecule has 1 saturated heterocycles. The molecular weight excluding hydrogens is 458 g/mol. The fraction of sp³-hybridized carbons (Fsp3) is 0.296. The Morgan fingerprint density at radius 1 is 1.20 bits per heavy atom. The van der Waals surface area contributed by atoms with Crippen LogP contribution in [0.2, 0.25) is 0 Å². The Kier molecular flexibility index (Phi) is 6.55. The number of thiazole rings is 1. The van der Waals surface area contributed by atoms with Crippen LogP contribution >= 0.6 is 11.3 Å². The van der Waals surface area contributed by atoms with Crippen molar-refractivity contribution in [1.82, 2.24) is 15.3 Å². The van der Waals surface area contributed by atoms with Gasteiger partial charge in [-0.2, -0.15) is 0 Å². The minimum atomic E-state index is -0.0793. The van der Waals surface area contributed by atoms with Crippen LogP contribution in [0, 0.1) is 0 Å². The monoisotopic (exact) mass is 487 g/mol. The van der Waals surface area contributed by atoms with Gasteiger partial charge in [-0.25, -0.2) is 4.98 Å². The van der Waals surface area contributed by atoms with E-state index in [1.165, 1.54) is 11.3 Å². The summed E-state index contributed by atoms with van der Waals surface area (Å²) in [7, 11) is 4.05. The van der Waals surface area contributed by atoms with E-state index in [1.54, 1.807) is 4.90 Å². The second-order valence-corrected chi connectivity index (χ2v) is 9.92. The van der Waals surface area contributed by atoms with Gasteiger partial charge in [0, 0.05) is 67.7 Å². The molecule has 35 heavy (non-hydrogen) atoms. The van der Waals surface area contributed by atoms with Gasteiger partial charge in [0.1, 0.15) is 0 Å². The van der Waals surface area contributed by atoms with Gasteiger partial charge in [-0.05, 0) is 35.7 Å². The molecule has 0 aliphatic carbocycles. The van der Waals surface area contributed by atoms with Crippen LogP contribution < -0.4 is 15.1 Å². The molecule has 4 aromatic rings. The number of hydrogen-bond acceptors (Lipinski definition) is 5. The lowest BCUT2D eigenvalue weighted by molar-refractivity contribution is -0.120. The van der Waals surface area contributed by atoms with Crippen molar-refractivity contribution in [2.75, 3.05) is 37.0 Å². The number of amides is 2. The molecule has 3 heterocycles. The lowest BCUT2D eigenvalue weighted by Gasteiger charge is -2.20. The second kappa shape index (κ2) is 9.92. The van der Waals surface area contributed by atoms with Crippen LogP contribution in [0.25, 0.3) is 10.9 Å². The first-order valence-electron chi connectivity index (χ1n) is 11.8. The molecule has 7 nitrogen and oxygen atoms in total. The molecule has 0 saturated carbocycles. The molecule has 180 valence electrons. The van der Waals surface area contributed by atoms with Gasteiger partial charge < -0.3 is 15.2 Å². The van der Waals surface area contributed by atoms with Gasteiger partial charge in [0.2, 0.25) is 11.8 Å². The summed E-state index contributed by atoms with van der Waals surface area (Å²) in [5.74, 6) is 0.0288. The fourth-order valence-electron chi connectivity index (χ4n) is 4.59. The molecular formula is C27H29N5O2S. The van der Waals surface area contributed by atoms with Crippen molar-refractivity contribution in [2.24, 2.45) is 0 Å². The summed E-state index contributed by atoms with van der Waals surface area (Å²) in [5, 5.41) is 6.84. The largest absolute Gasteiger partial charge is 0.378 e. The molecule has 0 bridgehead atoms. The van der Waals surface area contributed by atoms with Crippen LogP contribution in [0.1, 0.15) is 35.6 Å². The van der Waals surface area contributed by atoms with Gasteiger partial charge in [-0.1, -0.05) is 30.3 Å². The van der Waals surface area contributed by atoms with Crippen LogP contribution in [-0.2, 0) is 16.0 Å².